The summed E-state index contributed by atoms with van der Waals surface area (Å²) >= 11 is 3.38. The van der Waals surface area contributed by atoms with Gasteiger partial charge in [-0.1, -0.05) is 6.07 Å². The van der Waals surface area contributed by atoms with Gasteiger partial charge in [0.25, 0.3) is 11.6 Å². The lowest BCUT2D eigenvalue weighted by atomic mass is 10.1. The van der Waals surface area contributed by atoms with E-state index in [0.717, 1.165) is 4.47 Å². The number of nitrogens with zero attached hydrogens (tertiary/aromatic N) is 2. The van der Waals surface area contributed by atoms with E-state index >= 15 is 0 Å². The van der Waals surface area contributed by atoms with E-state index in [1.54, 1.807) is 12.1 Å². The number of fused-ring (bicyclic) bond motifs is 1. The van der Waals surface area contributed by atoms with Gasteiger partial charge in [-0.25, -0.2) is 5.43 Å². The van der Waals surface area contributed by atoms with Gasteiger partial charge in [-0.3, -0.25) is 14.9 Å². The molecule has 25 heavy (non-hydrogen) atoms. The summed E-state index contributed by atoms with van der Waals surface area (Å²) in [4.78, 5) is 22.6. The monoisotopic (exact) mass is 405 g/mol. The van der Waals surface area contributed by atoms with Crippen LogP contribution in [0, 0.1) is 17.0 Å². The van der Waals surface area contributed by atoms with Crippen LogP contribution >= 0.6 is 15.9 Å². The van der Waals surface area contributed by atoms with E-state index < -0.39 is 10.8 Å². The number of benzene rings is 2. The van der Waals surface area contributed by atoms with Gasteiger partial charge in [-0.15, -0.1) is 0 Å². The maximum atomic E-state index is 12.2. The van der Waals surface area contributed by atoms with Gasteiger partial charge < -0.3 is 9.47 Å². The molecule has 1 amide bonds. The Bertz CT molecular complexity index is 898. The quantitative estimate of drug-likeness (QED) is 0.477. The molecule has 9 heteroatoms. The van der Waals surface area contributed by atoms with E-state index in [2.05, 4.69) is 26.5 Å². The van der Waals surface area contributed by atoms with Gasteiger partial charge in [0.05, 0.1) is 16.7 Å². The predicted octanol–water partition coefficient (Wildman–Crippen LogP) is 3.16. The zero-order chi connectivity index (χ0) is 18.0. The Morgan fingerprint density at radius 1 is 1.36 bits per heavy atom. The fourth-order valence-corrected chi connectivity index (χ4v) is 2.74. The fourth-order valence-electron chi connectivity index (χ4n) is 2.32. The Kier molecular flexibility index (Phi) is 4.66. The molecule has 1 aliphatic heterocycles. The van der Waals surface area contributed by atoms with Gasteiger partial charge >= 0.3 is 0 Å². The minimum atomic E-state index is -0.533. The van der Waals surface area contributed by atoms with Crippen molar-refractivity contribution >= 4 is 33.7 Å². The SMILES string of the molecule is Cc1c(C(=O)N/N=C/c2cc3c(cc2Br)OCO3)cccc1[N+](=O)[O-]. The molecule has 3 rings (SSSR count). The second-order valence-corrected chi connectivity index (χ2v) is 5.99. The highest BCUT2D eigenvalue weighted by atomic mass is 79.9. The van der Waals surface area contributed by atoms with Crippen LogP contribution in [0.1, 0.15) is 21.5 Å². The summed E-state index contributed by atoms with van der Waals surface area (Å²) in [5.74, 6) is 0.681. The number of nitrogens with one attached hydrogen (secondary N) is 1. The number of carbonyl (C=O) groups excluding carboxylic acids is 1. The molecule has 0 fully saturated rings. The summed E-state index contributed by atoms with van der Waals surface area (Å²) < 4.78 is 11.3. The number of hydrogen-bond acceptors (Lipinski definition) is 6. The number of rotatable bonds is 4. The number of ether oxygens (including phenoxy) is 2. The highest BCUT2D eigenvalue weighted by Crippen LogP contribution is 2.36. The van der Waals surface area contributed by atoms with Gasteiger partial charge in [0.15, 0.2) is 11.5 Å². The van der Waals surface area contributed by atoms with E-state index in [9.17, 15) is 14.9 Å². The topological polar surface area (TPSA) is 103 Å². The van der Waals surface area contributed by atoms with Crippen LogP contribution in [-0.4, -0.2) is 23.8 Å². The number of hydrazone groups is 1. The van der Waals surface area contributed by atoms with Crippen LogP contribution in [0.4, 0.5) is 5.69 Å². The highest BCUT2D eigenvalue weighted by Gasteiger charge is 2.18. The molecule has 0 spiro atoms. The standard InChI is InChI=1S/C16H12BrN3O5/c1-9-11(3-2-4-13(9)20(22)23)16(21)19-18-7-10-5-14-15(6-12(10)17)25-8-24-14/h2-7H,8H2,1H3,(H,19,21)/b18-7+. The molecular weight excluding hydrogens is 394 g/mol. The number of halogens is 1. The number of nitro groups is 1. The number of amides is 1. The Morgan fingerprint density at radius 2 is 2.08 bits per heavy atom. The van der Waals surface area contributed by atoms with Crippen molar-refractivity contribution in [2.45, 2.75) is 6.92 Å². The van der Waals surface area contributed by atoms with Crippen molar-refractivity contribution in [1.82, 2.24) is 5.43 Å². The van der Waals surface area contributed by atoms with Crippen molar-refractivity contribution in [1.29, 1.82) is 0 Å². The average molecular weight is 406 g/mol. The van der Waals surface area contributed by atoms with Crippen LogP contribution in [0.2, 0.25) is 0 Å². The lowest BCUT2D eigenvalue weighted by molar-refractivity contribution is -0.385. The van der Waals surface area contributed by atoms with Crippen molar-refractivity contribution < 1.29 is 19.2 Å². The summed E-state index contributed by atoms with van der Waals surface area (Å²) in [6.45, 7) is 1.68. The summed E-state index contributed by atoms with van der Waals surface area (Å²) in [6, 6.07) is 7.78. The van der Waals surface area contributed by atoms with Crippen molar-refractivity contribution in [3.8, 4) is 11.5 Å². The third-order valence-corrected chi connectivity index (χ3v) is 4.29. The minimum absolute atomic E-state index is 0.116. The zero-order valence-corrected chi connectivity index (χ0v) is 14.6. The number of nitro benzene ring substituents is 1. The Balaban J connectivity index is 1.76. The molecule has 2 aromatic carbocycles. The van der Waals surface area contributed by atoms with Crippen LogP contribution in [-0.2, 0) is 0 Å². The molecule has 8 nitrogen and oxygen atoms in total. The third kappa shape index (κ3) is 3.45. The number of carbonyl (C=O) groups is 1. The lowest BCUT2D eigenvalue weighted by Gasteiger charge is -2.05. The van der Waals surface area contributed by atoms with E-state index in [4.69, 9.17) is 9.47 Å². The normalized spacial score (nSPS) is 12.4. The summed E-state index contributed by atoms with van der Waals surface area (Å²) in [5, 5.41) is 14.8. The van der Waals surface area contributed by atoms with Gasteiger partial charge in [0.2, 0.25) is 6.79 Å². The first-order valence-corrected chi connectivity index (χ1v) is 7.93. The summed E-state index contributed by atoms with van der Waals surface area (Å²) in [5.41, 5.74) is 3.40. The van der Waals surface area contributed by atoms with Gasteiger partial charge in [-0.05, 0) is 41.1 Å². The molecule has 128 valence electrons. The highest BCUT2D eigenvalue weighted by molar-refractivity contribution is 9.10. The van der Waals surface area contributed by atoms with E-state index in [1.807, 2.05) is 0 Å². The Hall–Kier alpha value is -2.94. The Morgan fingerprint density at radius 3 is 2.80 bits per heavy atom. The van der Waals surface area contributed by atoms with Crippen LogP contribution in [0.15, 0.2) is 39.9 Å². The third-order valence-electron chi connectivity index (χ3n) is 3.61. The minimum Gasteiger partial charge on any atom is -0.454 e. The van der Waals surface area contributed by atoms with Gasteiger partial charge in [0.1, 0.15) is 0 Å². The van der Waals surface area contributed by atoms with Crippen molar-refractivity contribution in [2.75, 3.05) is 6.79 Å². The first-order chi connectivity index (χ1) is 12.0. The predicted molar refractivity (Wildman–Crippen MR) is 93.2 cm³/mol. The number of hydrogen-bond donors (Lipinski definition) is 1. The van der Waals surface area contributed by atoms with E-state index in [1.165, 1.54) is 31.3 Å². The van der Waals surface area contributed by atoms with Crippen molar-refractivity contribution in [3.05, 3.63) is 61.6 Å². The maximum Gasteiger partial charge on any atom is 0.273 e. The first kappa shape index (κ1) is 16.9. The Labute approximate surface area is 150 Å². The maximum absolute atomic E-state index is 12.2. The summed E-state index contributed by atoms with van der Waals surface area (Å²) in [7, 11) is 0. The average Bonchev–Trinajstić information content (AvgIpc) is 3.01. The van der Waals surface area contributed by atoms with Crippen LogP contribution in [0.25, 0.3) is 0 Å². The molecule has 0 unspecified atom stereocenters. The molecule has 0 saturated heterocycles. The van der Waals surface area contributed by atoms with Crippen molar-refractivity contribution in [2.24, 2.45) is 5.10 Å². The van der Waals surface area contributed by atoms with Gasteiger partial charge in [0, 0.05) is 21.7 Å². The molecule has 2 aromatic rings. The molecule has 0 radical (unpaired) electrons. The van der Waals surface area contributed by atoms with E-state index in [-0.39, 0.29) is 23.6 Å². The molecule has 0 atom stereocenters. The second-order valence-electron chi connectivity index (χ2n) is 5.13. The van der Waals surface area contributed by atoms with Crippen LogP contribution in [0.5, 0.6) is 11.5 Å². The van der Waals surface area contributed by atoms with Crippen LogP contribution in [0.3, 0.4) is 0 Å². The van der Waals surface area contributed by atoms with Crippen molar-refractivity contribution in [3.63, 3.8) is 0 Å². The van der Waals surface area contributed by atoms with Crippen LogP contribution < -0.4 is 14.9 Å². The lowest BCUT2D eigenvalue weighted by Crippen LogP contribution is -2.19. The largest absolute Gasteiger partial charge is 0.454 e. The molecule has 0 bridgehead atoms. The zero-order valence-electron chi connectivity index (χ0n) is 13.0. The first-order valence-electron chi connectivity index (χ1n) is 7.14. The molecule has 1 aliphatic rings. The molecule has 1 heterocycles. The van der Waals surface area contributed by atoms with E-state index in [0.29, 0.717) is 17.1 Å². The molecular formula is C16H12BrN3O5. The van der Waals surface area contributed by atoms with Gasteiger partial charge in [-0.2, -0.15) is 5.10 Å². The fraction of sp³-hybridized carbons (Fsp3) is 0.125. The smallest absolute Gasteiger partial charge is 0.273 e. The second kappa shape index (κ2) is 6.89. The molecule has 1 N–H and O–H groups in total. The molecule has 0 aromatic heterocycles. The summed E-state index contributed by atoms with van der Waals surface area (Å²) in [6.07, 6.45) is 1.44. The molecule has 0 saturated carbocycles. The molecule has 0 aliphatic carbocycles.